The van der Waals surface area contributed by atoms with Gasteiger partial charge < -0.3 is 0 Å². The second-order valence-corrected chi connectivity index (χ2v) is 22.4. The molecule has 0 heterocycles. The number of hydrogen-bond donors (Lipinski definition) is 0. The van der Waals surface area contributed by atoms with Crippen LogP contribution in [0.1, 0.15) is 196 Å². The fourth-order valence-corrected chi connectivity index (χ4v) is 18.6. The quantitative estimate of drug-likeness (QED) is 0.0358. The molecule has 0 atom stereocenters. The maximum absolute atomic E-state index is 6.84. The summed E-state index contributed by atoms with van der Waals surface area (Å²) in [4.78, 5) is 0. The Kier molecular flexibility index (Phi) is 35.8. The third-order valence-corrected chi connectivity index (χ3v) is 20.5. The first kappa shape index (κ1) is 46.1. The van der Waals surface area contributed by atoms with E-state index in [2.05, 4.69) is 41.5 Å². The zero-order chi connectivity index (χ0) is 33.2. The second kappa shape index (κ2) is 35.0. The van der Waals surface area contributed by atoms with Gasteiger partial charge in [0.15, 0.2) is 0 Å². The van der Waals surface area contributed by atoms with Gasteiger partial charge in [0.25, 0.3) is 0 Å². The van der Waals surface area contributed by atoms with Crippen LogP contribution in [-0.2, 0) is 40.7 Å². The molecule has 0 unspecified atom stereocenters. The van der Waals surface area contributed by atoms with E-state index in [1.165, 1.54) is 129 Å². The summed E-state index contributed by atoms with van der Waals surface area (Å²) < 4.78 is 41.0. The number of unbranched alkanes of at least 4 members (excludes halogenated alkanes) is 18. The van der Waals surface area contributed by atoms with Gasteiger partial charge in [-0.05, 0) is 0 Å². The van der Waals surface area contributed by atoms with Crippen LogP contribution in [0.15, 0.2) is 0 Å². The zero-order valence-corrected chi connectivity index (χ0v) is 34.0. The molecule has 280 valence electrons. The van der Waals surface area contributed by atoms with Crippen molar-refractivity contribution in [3.8, 4) is 0 Å². The molecule has 0 saturated heterocycles. The second-order valence-electron chi connectivity index (χ2n) is 12.4. The Balaban J connectivity index is 6.24. The summed E-state index contributed by atoms with van der Waals surface area (Å²) in [6, 6.07) is 0. The molecular weight excluding hydrogens is 649 g/mol. The molecule has 0 aromatic heterocycles. The van der Waals surface area contributed by atoms with Gasteiger partial charge in [-0.2, -0.15) is 0 Å². The summed E-state index contributed by atoms with van der Waals surface area (Å²) in [6.45, 7) is 11.0. The van der Waals surface area contributed by atoms with E-state index >= 15 is 0 Å². The van der Waals surface area contributed by atoms with Crippen LogP contribution < -0.4 is 0 Å². The van der Waals surface area contributed by atoms with Crippen molar-refractivity contribution >= 4 is 13.4 Å². The van der Waals surface area contributed by atoms with Gasteiger partial charge in [-0.15, -0.1) is 0 Å². The topological polar surface area (TPSA) is 55.4 Å². The van der Waals surface area contributed by atoms with E-state index < -0.39 is 13.4 Å². The molecule has 9 heteroatoms. The van der Waals surface area contributed by atoms with Gasteiger partial charge >= 0.3 is 289 Å². The van der Waals surface area contributed by atoms with Crippen molar-refractivity contribution in [3.63, 3.8) is 0 Å². The first-order chi connectivity index (χ1) is 22.1. The molecule has 0 saturated carbocycles. The molecular formula is C36H80NiO6P2. The van der Waals surface area contributed by atoms with Crippen LogP contribution in [-0.4, -0.2) is 39.6 Å². The van der Waals surface area contributed by atoms with Gasteiger partial charge in [0.2, 0.25) is 0 Å². The summed E-state index contributed by atoms with van der Waals surface area (Å²) >= 11 is 1.34. The minimum absolute atomic E-state index is 0.655. The molecule has 45 heavy (non-hydrogen) atoms. The molecule has 0 aliphatic rings. The van der Waals surface area contributed by atoms with Crippen LogP contribution in [0.4, 0.5) is 0 Å². The van der Waals surface area contributed by atoms with Crippen LogP contribution in [0.2, 0.25) is 0 Å². The van der Waals surface area contributed by atoms with Crippen molar-refractivity contribution < 1.29 is 40.7 Å². The van der Waals surface area contributed by atoms with Crippen LogP contribution >= 0.6 is 13.4 Å². The third kappa shape index (κ3) is 27.6. The van der Waals surface area contributed by atoms with Gasteiger partial charge in [-0.3, -0.25) is 0 Å². The number of rotatable bonds is 38. The Morgan fingerprint density at radius 3 is 0.600 bits per heavy atom. The van der Waals surface area contributed by atoms with Crippen molar-refractivity contribution in [3.05, 3.63) is 0 Å². The number of hydrogen-bond acceptors (Lipinski definition) is 6. The Bertz CT molecular complexity index is 470. The monoisotopic (exact) mass is 728 g/mol. The molecule has 0 aliphatic carbocycles. The molecule has 0 N–H and O–H groups in total. The molecule has 0 fully saturated rings. The predicted molar refractivity (Wildman–Crippen MR) is 197 cm³/mol. The van der Waals surface area contributed by atoms with Crippen molar-refractivity contribution in [2.75, 3.05) is 39.6 Å². The van der Waals surface area contributed by atoms with Crippen LogP contribution in [0.3, 0.4) is 0 Å². The van der Waals surface area contributed by atoms with E-state index in [4.69, 9.17) is 27.1 Å². The van der Waals surface area contributed by atoms with Crippen molar-refractivity contribution in [1.82, 2.24) is 0 Å². The van der Waals surface area contributed by atoms with E-state index in [0.29, 0.717) is 39.6 Å². The van der Waals surface area contributed by atoms with E-state index in [1.54, 1.807) is 0 Å². The van der Waals surface area contributed by atoms with Crippen molar-refractivity contribution in [2.24, 2.45) is 0 Å². The summed E-state index contributed by atoms with van der Waals surface area (Å²) in [5, 5.41) is 0. The van der Waals surface area contributed by atoms with Gasteiger partial charge in [-0.1, -0.05) is 0 Å². The van der Waals surface area contributed by atoms with Gasteiger partial charge in [-0.25, -0.2) is 0 Å². The van der Waals surface area contributed by atoms with Gasteiger partial charge in [0.1, 0.15) is 0 Å². The summed E-state index contributed by atoms with van der Waals surface area (Å²) in [6.07, 6.45) is 27.7. The SMILES string of the molecule is CCCCCCO[PH](OCCCCCC)(OCCCCCC)[Ni][PH](OCCCCCC)(OCCCCCC)OCCCCCC. The van der Waals surface area contributed by atoms with Crippen LogP contribution in [0.25, 0.3) is 0 Å². The first-order valence-corrected chi connectivity index (χ1v) is 25.6. The summed E-state index contributed by atoms with van der Waals surface area (Å²) in [7, 11) is 0. The average Bonchev–Trinajstić information content (AvgIpc) is 3.04. The standard InChI is InChI=1S/2C18H40O3P.Ni/c2*1-4-7-10-13-16-19-22(20-17-14-11-8-5-2)21-18-15-12-9-6-3;/h2*22H,4-18H2,1-3H3;/q2*+1;-2. The summed E-state index contributed by atoms with van der Waals surface area (Å²) in [5.41, 5.74) is 0. The fourth-order valence-electron chi connectivity index (χ4n) is 4.81. The van der Waals surface area contributed by atoms with Crippen LogP contribution in [0.5, 0.6) is 0 Å². The van der Waals surface area contributed by atoms with Crippen molar-refractivity contribution in [1.29, 1.82) is 0 Å². The molecule has 0 spiro atoms. The Labute approximate surface area is 288 Å². The van der Waals surface area contributed by atoms with E-state index in [0.717, 1.165) is 38.5 Å². The predicted octanol–water partition coefficient (Wildman–Crippen LogP) is 13.5. The third-order valence-electron chi connectivity index (χ3n) is 7.77. The Morgan fingerprint density at radius 1 is 0.267 bits per heavy atom. The van der Waals surface area contributed by atoms with Gasteiger partial charge in [0, 0.05) is 0 Å². The molecule has 0 radical (unpaired) electrons. The molecule has 0 amide bonds. The van der Waals surface area contributed by atoms with Gasteiger partial charge in [0.05, 0.1) is 0 Å². The van der Waals surface area contributed by atoms with Crippen molar-refractivity contribution in [2.45, 2.75) is 196 Å². The van der Waals surface area contributed by atoms with E-state index in [-0.39, 0.29) is 0 Å². The molecule has 6 nitrogen and oxygen atoms in total. The fraction of sp³-hybridized carbons (Fsp3) is 1.00. The molecule has 0 aromatic rings. The normalized spacial score (nSPS) is 13.2. The first-order valence-electron chi connectivity index (χ1n) is 19.5. The molecule has 0 aromatic carbocycles. The molecule has 0 rings (SSSR count). The Hall–Kier alpha value is 1.11. The Morgan fingerprint density at radius 2 is 0.444 bits per heavy atom. The van der Waals surface area contributed by atoms with E-state index in [1.807, 2.05) is 0 Å². The minimum atomic E-state index is -3.21. The van der Waals surface area contributed by atoms with E-state index in [9.17, 15) is 0 Å². The molecule has 0 bridgehead atoms. The average molecular weight is 730 g/mol. The van der Waals surface area contributed by atoms with Crippen LogP contribution in [0, 0.1) is 0 Å². The zero-order valence-electron chi connectivity index (χ0n) is 31.0. The maximum atomic E-state index is 6.84. The molecule has 0 aliphatic heterocycles. The summed E-state index contributed by atoms with van der Waals surface area (Å²) in [5.74, 6) is 0.